The Morgan fingerprint density at radius 3 is 2.83 bits per heavy atom. The second-order valence-electron chi connectivity index (χ2n) is 5.29. The standard InChI is InChI=1S/C13H21N5O6/c1-22-5-6(16-12(15)20)9-10(23-2)8(19)11(24-9)18-4-3-7(14)17-13(18)21/h3-4,6,8-11,19H,5H2,1-2H3,(H2,14,17,21)(H3,15,16,20)/t6-,8-,9-,10+,11-/m1/s1. The summed E-state index contributed by atoms with van der Waals surface area (Å²) in [6.45, 7) is 0.0712. The van der Waals surface area contributed by atoms with Crippen LogP contribution in [-0.4, -0.2) is 65.9 Å². The Morgan fingerprint density at radius 2 is 2.29 bits per heavy atom. The van der Waals surface area contributed by atoms with Gasteiger partial charge in [-0.1, -0.05) is 0 Å². The maximum atomic E-state index is 12.0. The number of hydrogen-bond acceptors (Lipinski definition) is 8. The van der Waals surface area contributed by atoms with E-state index >= 15 is 0 Å². The number of nitrogen functional groups attached to an aromatic ring is 1. The first kappa shape index (κ1) is 18.1. The Kier molecular flexibility index (Phi) is 5.72. The highest BCUT2D eigenvalue weighted by molar-refractivity contribution is 5.72. The van der Waals surface area contributed by atoms with Gasteiger partial charge in [0.25, 0.3) is 0 Å². The number of aliphatic hydroxyl groups excluding tert-OH is 1. The van der Waals surface area contributed by atoms with Crippen molar-refractivity contribution in [2.45, 2.75) is 30.6 Å². The molecule has 1 fully saturated rings. The van der Waals surface area contributed by atoms with Crippen molar-refractivity contribution in [2.24, 2.45) is 5.73 Å². The van der Waals surface area contributed by atoms with Crippen LogP contribution in [0.15, 0.2) is 17.1 Å². The minimum absolute atomic E-state index is 0.0521. The lowest BCUT2D eigenvalue weighted by Gasteiger charge is -2.26. The summed E-state index contributed by atoms with van der Waals surface area (Å²) >= 11 is 0. The summed E-state index contributed by atoms with van der Waals surface area (Å²) in [4.78, 5) is 26.7. The summed E-state index contributed by atoms with van der Waals surface area (Å²) in [5, 5.41) is 12.9. The summed E-state index contributed by atoms with van der Waals surface area (Å²) < 4.78 is 17.2. The van der Waals surface area contributed by atoms with Crippen molar-refractivity contribution in [2.75, 3.05) is 26.6 Å². The zero-order chi connectivity index (χ0) is 17.9. The molecule has 1 aliphatic rings. The van der Waals surface area contributed by atoms with Crippen LogP contribution < -0.4 is 22.5 Å². The Balaban J connectivity index is 2.31. The number of aliphatic hydroxyl groups is 1. The van der Waals surface area contributed by atoms with Gasteiger partial charge in [0.05, 0.1) is 12.6 Å². The zero-order valence-corrected chi connectivity index (χ0v) is 13.3. The SMILES string of the molecule is COC[C@@H](NC(N)=O)[C@H]1O[C@@H](n2ccc(N)nc2=O)[C@H](O)[C@@H]1OC. The van der Waals surface area contributed by atoms with Crippen molar-refractivity contribution in [3.05, 3.63) is 22.7 Å². The number of anilines is 1. The lowest BCUT2D eigenvalue weighted by molar-refractivity contribution is -0.0593. The van der Waals surface area contributed by atoms with E-state index < -0.39 is 42.3 Å². The highest BCUT2D eigenvalue weighted by Crippen LogP contribution is 2.32. The molecule has 11 nitrogen and oxygen atoms in total. The molecule has 0 saturated carbocycles. The number of nitrogens with zero attached hydrogens (tertiary/aromatic N) is 2. The van der Waals surface area contributed by atoms with E-state index in [4.69, 9.17) is 25.7 Å². The first-order chi connectivity index (χ1) is 11.4. The molecule has 1 aliphatic heterocycles. The number of urea groups is 1. The average molecular weight is 343 g/mol. The van der Waals surface area contributed by atoms with Gasteiger partial charge in [-0.25, -0.2) is 9.59 Å². The van der Waals surface area contributed by atoms with E-state index in [1.54, 1.807) is 0 Å². The van der Waals surface area contributed by atoms with Crippen LogP contribution in [0.25, 0.3) is 0 Å². The van der Waals surface area contributed by atoms with Gasteiger partial charge < -0.3 is 36.1 Å². The molecular weight excluding hydrogens is 322 g/mol. The second kappa shape index (κ2) is 7.57. The van der Waals surface area contributed by atoms with Crippen LogP contribution in [0.3, 0.4) is 0 Å². The summed E-state index contributed by atoms with van der Waals surface area (Å²) in [5.41, 5.74) is 9.93. The predicted octanol–water partition coefficient (Wildman–Crippen LogP) is -2.22. The number of aromatic nitrogens is 2. The Labute approximate surface area is 137 Å². The minimum atomic E-state index is -1.18. The maximum Gasteiger partial charge on any atom is 0.351 e. The van der Waals surface area contributed by atoms with E-state index in [9.17, 15) is 14.7 Å². The lowest BCUT2D eigenvalue weighted by atomic mass is 10.0. The van der Waals surface area contributed by atoms with Crippen LogP contribution in [0.1, 0.15) is 6.23 Å². The van der Waals surface area contributed by atoms with Crippen LogP contribution in [-0.2, 0) is 14.2 Å². The van der Waals surface area contributed by atoms with E-state index in [0.29, 0.717) is 0 Å². The van der Waals surface area contributed by atoms with Gasteiger partial charge in [0.15, 0.2) is 6.23 Å². The number of methoxy groups -OCH3 is 2. The molecular formula is C13H21N5O6. The van der Waals surface area contributed by atoms with E-state index in [1.165, 1.54) is 26.5 Å². The normalized spacial score (nSPS) is 27.8. The van der Waals surface area contributed by atoms with Gasteiger partial charge in [-0.05, 0) is 6.07 Å². The fraction of sp³-hybridized carbons (Fsp3) is 0.615. The van der Waals surface area contributed by atoms with Crippen molar-refractivity contribution in [3.8, 4) is 0 Å². The van der Waals surface area contributed by atoms with Crippen LogP contribution in [0.5, 0.6) is 0 Å². The topological polar surface area (TPSA) is 164 Å². The number of carbonyl (C=O) groups is 1. The number of hydrogen-bond donors (Lipinski definition) is 4. The van der Waals surface area contributed by atoms with Crippen molar-refractivity contribution < 1.29 is 24.1 Å². The summed E-state index contributed by atoms with van der Waals surface area (Å²) in [7, 11) is 2.82. The number of carbonyl (C=O) groups excluding carboxylic acids is 1. The molecule has 0 aliphatic carbocycles. The molecule has 1 saturated heterocycles. The summed E-state index contributed by atoms with van der Waals surface area (Å²) in [5.74, 6) is 0.0521. The van der Waals surface area contributed by atoms with Gasteiger partial charge in [-0.3, -0.25) is 4.57 Å². The van der Waals surface area contributed by atoms with Crippen LogP contribution in [0.4, 0.5) is 10.6 Å². The molecule has 24 heavy (non-hydrogen) atoms. The molecule has 5 atom stereocenters. The summed E-state index contributed by atoms with van der Waals surface area (Å²) in [6, 6.07) is -0.0599. The van der Waals surface area contributed by atoms with Gasteiger partial charge >= 0.3 is 11.7 Å². The average Bonchev–Trinajstić information content (AvgIpc) is 2.83. The molecule has 0 radical (unpaired) electrons. The third-order valence-corrected chi connectivity index (χ3v) is 3.72. The zero-order valence-electron chi connectivity index (χ0n) is 13.3. The Morgan fingerprint density at radius 1 is 1.58 bits per heavy atom. The molecule has 1 aromatic heterocycles. The third-order valence-electron chi connectivity index (χ3n) is 3.72. The van der Waals surface area contributed by atoms with E-state index in [1.807, 2.05) is 0 Å². The third kappa shape index (κ3) is 3.64. The molecule has 2 amide bonds. The molecule has 134 valence electrons. The number of ether oxygens (including phenoxy) is 3. The van der Waals surface area contributed by atoms with Gasteiger partial charge in [-0.15, -0.1) is 0 Å². The largest absolute Gasteiger partial charge is 0.386 e. The van der Waals surface area contributed by atoms with E-state index in [0.717, 1.165) is 4.57 Å². The molecule has 2 heterocycles. The van der Waals surface area contributed by atoms with Crippen molar-refractivity contribution in [1.29, 1.82) is 0 Å². The van der Waals surface area contributed by atoms with Crippen LogP contribution in [0.2, 0.25) is 0 Å². The fourth-order valence-electron chi connectivity index (χ4n) is 2.70. The second-order valence-corrected chi connectivity index (χ2v) is 5.29. The molecule has 1 aromatic rings. The van der Waals surface area contributed by atoms with Gasteiger partial charge in [0, 0.05) is 20.4 Å². The number of nitrogens with two attached hydrogens (primary N) is 2. The quantitative estimate of drug-likeness (QED) is 0.451. The minimum Gasteiger partial charge on any atom is -0.386 e. The number of primary amides is 1. The number of amides is 2. The predicted molar refractivity (Wildman–Crippen MR) is 82.0 cm³/mol. The van der Waals surface area contributed by atoms with Gasteiger partial charge in [0.1, 0.15) is 24.1 Å². The molecule has 0 spiro atoms. The monoisotopic (exact) mass is 343 g/mol. The van der Waals surface area contributed by atoms with Crippen molar-refractivity contribution in [1.82, 2.24) is 14.9 Å². The van der Waals surface area contributed by atoms with Crippen molar-refractivity contribution >= 4 is 11.8 Å². The van der Waals surface area contributed by atoms with Gasteiger partial charge in [-0.2, -0.15) is 4.98 Å². The molecule has 2 rings (SSSR count). The van der Waals surface area contributed by atoms with Crippen LogP contribution >= 0.6 is 0 Å². The molecule has 0 aromatic carbocycles. The Bertz CT molecular complexity index is 638. The van der Waals surface area contributed by atoms with E-state index in [-0.39, 0.29) is 12.4 Å². The lowest BCUT2D eigenvalue weighted by Crippen LogP contribution is -2.53. The summed E-state index contributed by atoms with van der Waals surface area (Å²) in [6.07, 6.45) is -2.51. The van der Waals surface area contributed by atoms with Crippen LogP contribution in [0, 0.1) is 0 Å². The highest BCUT2D eigenvalue weighted by Gasteiger charge is 2.49. The van der Waals surface area contributed by atoms with E-state index in [2.05, 4.69) is 10.3 Å². The smallest absolute Gasteiger partial charge is 0.351 e. The van der Waals surface area contributed by atoms with Gasteiger partial charge in [0.2, 0.25) is 0 Å². The first-order valence-electron chi connectivity index (χ1n) is 7.15. The molecule has 0 unspecified atom stereocenters. The number of nitrogens with one attached hydrogen (secondary N) is 1. The molecule has 6 N–H and O–H groups in total. The maximum absolute atomic E-state index is 12.0. The Hall–Kier alpha value is -2.21. The highest BCUT2D eigenvalue weighted by atomic mass is 16.6. The van der Waals surface area contributed by atoms with Crippen molar-refractivity contribution in [3.63, 3.8) is 0 Å². The first-order valence-corrected chi connectivity index (χ1v) is 7.15. The fourth-order valence-corrected chi connectivity index (χ4v) is 2.70. The number of rotatable bonds is 6. The molecule has 11 heteroatoms. The molecule has 0 bridgehead atoms.